The molecule has 1 saturated carbocycles. The Kier molecular flexibility index (Phi) is 3.55. The van der Waals surface area contributed by atoms with Crippen LogP contribution < -0.4 is 10.2 Å². The van der Waals surface area contributed by atoms with Gasteiger partial charge >= 0.3 is 0 Å². The van der Waals surface area contributed by atoms with Gasteiger partial charge in [0.25, 0.3) is 0 Å². The van der Waals surface area contributed by atoms with Crippen LogP contribution in [-0.2, 0) is 6.42 Å². The summed E-state index contributed by atoms with van der Waals surface area (Å²) in [5.41, 5.74) is 3.00. The van der Waals surface area contributed by atoms with Crippen LogP contribution in [0.4, 0.5) is 5.69 Å². The molecule has 1 unspecified atom stereocenters. The maximum Gasteiger partial charge on any atom is 0.0399 e. The molecule has 2 heteroatoms. The van der Waals surface area contributed by atoms with Crippen LogP contribution >= 0.6 is 0 Å². The van der Waals surface area contributed by atoms with Gasteiger partial charge < -0.3 is 10.2 Å². The standard InChI is InChI=1S/C16H24N2/c1-2-5-14-6-3-4-7-16(14)18-11-10-17-15(12-18)13-8-9-13/h3-4,6-7,13,15,17H,2,5,8-12H2,1H3. The monoisotopic (exact) mass is 244 g/mol. The van der Waals surface area contributed by atoms with Crippen LogP contribution in [0.5, 0.6) is 0 Å². The molecule has 1 N–H and O–H groups in total. The second-order valence-corrected chi connectivity index (χ2v) is 5.72. The van der Waals surface area contributed by atoms with Gasteiger partial charge in [-0.15, -0.1) is 0 Å². The Bertz CT molecular complexity index is 398. The van der Waals surface area contributed by atoms with Gasteiger partial charge in [-0.3, -0.25) is 0 Å². The maximum atomic E-state index is 3.69. The van der Waals surface area contributed by atoms with Gasteiger partial charge in [-0.1, -0.05) is 31.5 Å². The summed E-state index contributed by atoms with van der Waals surface area (Å²) in [5.74, 6) is 0.950. The first-order valence-corrected chi connectivity index (χ1v) is 7.44. The molecule has 0 aromatic heterocycles. The van der Waals surface area contributed by atoms with Gasteiger partial charge in [0.1, 0.15) is 0 Å². The molecule has 0 radical (unpaired) electrons. The fraction of sp³-hybridized carbons (Fsp3) is 0.625. The summed E-state index contributed by atoms with van der Waals surface area (Å²) in [6, 6.07) is 9.69. The fourth-order valence-corrected chi connectivity index (χ4v) is 3.11. The van der Waals surface area contributed by atoms with Crippen LogP contribution in [0.3, 0.4) is 0 Å². The number of nitrogens with one attached hydrogen (secondary N) is 1. The molecule has 2 aliphatic rings. The normalized spacial score (nSPS) is 24.3. The highest BCUT2D eigenvalue weighted by Gasteiger charge is 2.34. The average molecular weight is 244 g/mol. The van der Waals surface area contributed by atoms with E-state index in [1.54, 1.807) is 0 Å². The molecule has 3 rings (SSSR count). The van der Waals surface area contributed by atoms with Crippen LogP contribution in [0.2, 0.25) is 0 Å². The number of nitrogens with zero attached hydrogens (tertiary/aromatic N) is 1. The highest BCUT2D eigenvalue weighted by atomic mass is 15.2. The Hall–Kier alpha value is -1.02. The topological polar surface area (TPSA) is 15.3 Å². The van der Waals surface area contributed by atoms with Gasteiger partial charge in [0.05, 0.1) is 0 Å². The zero-order valence-corrected chi connectivity index (χ0v) is 11.4. The van der Waals surface area contributed by atoms with Crippen LogP contribution in [0.25, 0.3) is 0 Å². The van der Waals surface area contributed by atoms with Crippen LogP contribution in [0.1, 0.15) is 31.7 Å². The van der Waals surface area contributed by atoms with Crippen molar-refractivity contribution in [2.75, 3.05) is 24.5 Å². The Morgan fingerprint density at radius 3 is 2.89 bits per heavy atom. The molecule has 2 nitrogen and oxygen atoms in total. The number of rotatable bonds is 4. The van der Waals surface area contributed by atoms with E-state index in [1.807, 2.05) is 0 Å². The lowest BCUT2D eigenvalue weighted by molar-refractivity contribution is 0.418. The average Bonchev–Trinajstić information content (AvgIpc) is 3.24. The molecule has 1 aromatic rings. The first kappa shape index (κ1) is 12.0. The lowest BCUT2D eigenvalue weighted by Crippen LogP contribution is -2.52. The molecule has 1 atom stereocenters. The molecule has 1 heterocycles. The van der Waals surface area contributed by atoms with E-state index in [9.17, 15) is 0 Å². The number of piperazine rings is 1. The Balaban J connectivity index is 1.76. The van der Waals surface area contributed by atoms with Crippen molar-refractivity contribution >= 4 is 5.69 Å². The van der Waals surface area contributed by atoms with Gasteiger partial charge in [-0.25, -0.2) is 0 Å². The molecular weight excluding hydrogens is 220 g/mol. The lowest BCUT2D eigenvalue weighted by atomic mass is 10.0. The van der Waals surface area contributed by atoms with Crippen molar-refractivity contribution in [3.8, 4) is 0 Å². The smallest absolute Gasteiger partial charge is 0.0399 e. The number of aryl methyl sites for hydroxylation is 1. The van der Waals surface area contributed by atoms with E-state index >= 15 is 0 Å². The predicted molar refractivity (Wildman–Crippen MR) is 77.2 cm³/mol. The summed E-state index contributed by atoms with van der Waals surface area (Å²) in [5, 5.41) is 3.69. The number of benzene rings is 1. The summed E-state index contributed by atoms with van der Waals surface area (Å²) in [6.07, 6.45) is 5.30. The molecular formula is C16H24N2. The van der Waals surface area contributed by atoms with Gasteiger partial charge in [-0.05, 0) is 36.8 Å². The van der Waals surface area contributed by atoms with Gasteiger partial charge in [0, 0.05) is 31.4 Å². The summed E-state index contributed by atoms with van der Waals surface area (Å²) < 4.78 is 0. The predicted octanol–water partition coefficient (Wildman–Crippen LogP) is 2.83. The summed E-state index contributed by atoms with van der Waals surface area (Å²) >= 11 is 0. The van der Waals surface area contributed by atoms with E-state index < -0.39 is 0 Å². The van der Waals surface area contributed by atoms with Crippen molar-refractivity contribution in [1.29, 1.82) is 0 Å². The highest BCUT2D eigenvalue weighted by Crippen LogP contribution is 2.34. The van der Waals surface area contributed by atoms with E-state index in [0.717, 1.165) is 25.0 Å². The SMILES string of the molecule is CCCc1ccccc1N1CCNC(C2CC2)C1. The first-order valence-electron chi connectivity index (χ1n) is 7.44. The fourth-order valence-electron chi connectivity index (χ4n) is 3.11. The van der Waals surface area contributed by atoms with Crippen LogP contribution in [-0.4, -0.2) is 25.7 Å². The zero-order valence-electron chi connectivity index (χ0n) is 11.4. The molecule has 1 aromatic carbocycles. The minimum atomic E-state index is 0.730. The van der Waals surface area contributed by atoms with E-state index in [1.165, 1.54) is 43.5 Å². The first-order chi connectivity index (χ1) is 8.88. The van der Waals surface area contributed by atoms with Gasteiger partial charge in [0.2, 0.25) is 0 Å². The van der Waals surface area contributed by atoms with Crippen molar-refractivity contribution in [2.45, 2.75) is 38.6 Å². The minimum Gasteiger partial charge on any atom is -0.368 e. The van der Waals surface area contributed by atoms with Gasteiger partial charge in [0.15, 0.2) is 0 Å². The van der Waals surface area contributed by atoms with E-state index in [2.05, 4.69) is 41.4 Å². The van der Waals surface area contributed by atoms with Crippen LogP contribution in [0, 0.1) is 5.92 Å². The zero-order chi connectivity index (χ0) is 12.4. The van der Waals surface area contributed by atoms with Crippen molar-refractivity contribution in [2.24, 2.45) is 5.92 Å². The third-order valence-corrected chi connectivity index (χ3v) is 4.25. The second kappa shape index (κ2) is 5.31. The lowest BCUT2D eigenvalue weighted by Gasteiger charge is -2.36. The van der Waals surface area contributed by atoms with Gasteiger partial charge in [-0.2, -0.15) is 0 Å². The molecule has 2 fully saturated rings. The molecule has 0 amide bonds. The number of anilines is 1. The molecule has 18 heavy (non-hydrogen) atoms. The molecule has 1 aliphatic carbocycles. The molecule has 98 valence electrons. The third-order valence-electron chi connectivity index (χ3n) is 4.25. The molecule has 0 bridgehead atoms. The Labute approximate surface area is 110 Å². The van der Waals surface area contributed by atoms with E-state index in [-0.39, 0.29) is 0 Å². The minimum absolute atomic E-state index is 0.730. The molecule has 0 spiro atoms. The molecule has 1 saturated heterocycles. The van der Waals surface area contributed by atoms with Crippen molar-refractivity contribution < 1.29 is 0 Å². The quantitative estimate of drug-likeness (QED) is 0.876. The van der Waals surface area contributed by atoms with Crippen LogP contribution in [0.15, 0.2) is 24.3 Å². The van der Waals surface area contributed by atoms with Crippen molar-refractivity contribution in [3.63, 3.8) is 0 Å². The Morgan fingerprint density at radius 1 is 1.28 bits per heavy atom. The number of hydrogen-bond acceptors (Lipinski definition) is 2. The largest absolute Gasteiger partial charge is 0.368 e. The summed E-state index contributed by atoms with van der Waals surface area (Å²) in [4.78, 5) is 2.60. The number of hydrogen-bond donors (Lipinski definition) is 1. The number of para-hydroxylation sites is 1. The van der Waals surface area contributed by atoms with Crippen molar-refractivity contribution in [3.05, 3.63) is 29.8 Å². The summed E-state index contributed by atoms with van der Waals surface area (Å²) in [6.45, 7) is 5.76. The van der Waals surface area contributed by atoms with Crippen molar-refractivity contribution in [1.82, 2.24) is 5.32 Å². The highest BCUT2D eigenvalue weighted by molar-refractivity contribution is 5.54. The third kappa shape index (κ3) is 2.54. The van der Waals surface area contributed by atoms with E-state index in [0.29, 0.717) is 0 Å². The maximum absolute atomic E-state index is 3.69. The Morgan fingerprint density at radius 2 is 2.11 bits per heavy atom. The summed E-state index contributed by atoms with van der Waals surface area (Å²) in [7, 11) is 0. The second-order valence-electron chi connectivity index (χ2n) is 5.72. The molecule has 1 aliphatic heterocycles. The van der Waals surface area contributed by atoms with E-state index in [4.69, 9.17) is 0 Å².